The second-order valence-corrected chi connectivity index (χ2v) is 10.9. The van der Waals surface area contributed by atoms with Gasteiger partial charge in [0.2, 0.25) is 16.0 Å². The van der Waals surface area contributed by atoms with Crippen LogP contribution < -0.4 is 10.0 Å². The Balaban J connectivity index is 1.85. The van der Waals surface area contributed by atoms with Gasteiger partial charge in [0.05, 0.1) is 32.7 Å². The van der Waals surface area contributed by atoms with Crippen LogP contribution in [0.15, 0.2) is 55.0 Å². The first-order chi connectivity index (χ1) is 16.9. The van der Waals surface area contributed by atoms with Crippen LogP contribution in [-0.4, -0.2) is 40.7 Å². The summed E-state index contributed by atoms with van der Waals surface area (Å²) in [5, 5.41) is 4.26. The Morgan fingerprint density at radius 2 is 1.80 bits per heavy atom. The molecule has 0 aliphatic heterocycles. The molecule has 2 N–H and O–H groups in total. The van der Waals surface area contributed by atoms with Gasteiger partial charge >= 0.3 is 0 Å². The maximum atomic E-state index is 12.4. The van der Waals surface area contributed by atoms with Gasteiger partial charge in [-0.15, -0.1) is 11.3 Å². The molecule has 0 unspecified atom stereocenters. The Hall–Kier alpha value is -3.08. The largest absolute Gasteiger partial charge is 0.354 e. The predicted octanol–water partition coefficient (Wildman–Crippen LogP) is 5.96. The molecule has 0 fully saturated rings. The van der Waals surface area contributed by atoms with Gasteiger partial charge in [-0.05, 0) is 37.1 Å². The number of hydrogen-bond acceptors (Lipinski definition) is 8. The van der Waals surface area contributed by atoms with Crippen LogP contribution in [0.25, 0.3) is 32.4 Å². The zero-order chi connectivity index (χ0) is 24.8. The minimum atomic E-state index is -3.51. The number of anilines is 2. The fourth-order valence-electron chi connectivity index (χ4n) is 3.38. The molecule has 3 aromatic heterocycles. The van der Waals surface area contributed by atoms with Gasteiger partial charge in [-0.25, -0.2) is 23.4 Å². The summed E-state index contributed by atoms with van der Waals surface area (Å²) in [5.74, 6) is 0.539. The first-order valence-corrected chi connectivity index (χ1v) is 14.0. The number of halogens is 1. The van der Waals surface area contributed by atoms with Crippen molar-refractivity contribution in [1.82, 2.24) is 19.9 Å². The van der Waals surface area contributed by atoms with E-state index in [1.54, 1.807) is 30.7 Å². The molecule has 3 heterocycles. The normalized spacial score (nSPS) is 11.4. The first-order valence-electron chi connectivity index (χ1n) is 11.2. The third-order valence-electron chi connectivity index (χ3n) is 4.97. The number of nitrogens with zero attached hydrogens (tertiary/aromatic N) is 4. The first kappa shape index (κ1) is 25.0. The van der Waals surface area contributed by atoms with E-state index in [9.17, 15) is 8.42 Å². The number of rotatable bonds is 10. The number of thiazole rings is 1. The summed E-state index contributed by atoms with van der Waals surface area (Å²) in [4.78, 5) is 18.8. The smallest absolute Gasteiger partial charge is 0.232 e. The second-order valence-electron chi connectivity index (χ2n) is 7.71. The topological polar surface area (TPSA) is 110 Å². The molecule has 0 atom stereocenters. The van der Waals surface area contributed by atoms with Crippen LogP contribution in [-0.2, 0) is 10.0 Å². The Morgan fingerprint density at radius 1 is 1.00 bits per heavy atom. The van der Waals surface area contributed by atoms with Crippen molar-refractivity contribution in [1.29, 1.82) is 0 Å². The third kappa shape index (κ3) is 5.95. The van der Waals surface area contributed by atoms with Crippen LogP contribution in [0.1, 0.15) is 26.7 Å². The highest BCUT2D eigenvalue weighted by atomic mass is 35.5. The molecular formula is C24H25ClN6O2S2. The molecule has 182 valence electrons. The molecule has 0 saturated heterocycles. The minimum Gasteiger partial charge on any atom is -0.354 e. The SMILES string of the molecule is CCCNc1nccc(-c2sc(-c3ccncc3)nc2-c2cccc(NS(=O)(=O)CCC)c2Cl)n1. The standard InChI is InChI=1S/C24H25ClN6O2S2/c1-3-11-27-24-28-14-10-19(29-24)22-21(30-23(34-22)16-8-12-26-13-9-16)17-6-5-7-18(20(17)25)31-35(32,33)15-4-2/h5-10,12-14,31H,3-4,11,15H2,1-2H3,(H,27,28,29). The highest BCUT2D eigenvalue weighted by Crippen LogP contribution is 2.43. The van der Waals surface area contributed by atoms with E-state index in [1.165, 1.54) is 11.3 Å². The highest BCUT2D eigenvalue weighted by molar-refractivity contribution is 7.92. The second kappa shape index (κ2) is 11.1. The molecule has 0 aliphatic rings. The quantitative estimate of drug-likeness (QED) is 0.261. The third-order valence-corrected chi connectivity index (χ3v) is 7.98. The average Bonchev–Trinajstić information content (AvgIpc) is 3.30. The van der Waals surface area contributed by atoms with Gasteiger partial charge in [-0.1, -0.05) is 37.6 Å². The van der Waals surface area contributed by atoms with Crippen molar-refractivity contribution in [2.45, 2.75) is 26.7 Å². The van der Waals surface area contributed by atoms with Crippen molar-refractivity contribution >= 4 is 44.6 Å². The number of hydrogen-bond donors (Lipinski definition) is 2. The summed E-state index contributed by atoms with van der Waals surface area (Å²) in [6.07, 6.45) is 6.57. The maximum Gasteiger partial charge on any atom is 0.232 e. The maximum absolute atomic E-state index is 12.4. The summed E-state index contributed by atoms with van der Waals surface area (Å²) in [6.45, 7) is 4.64. The van der Waals surface area contributed by atoms with E-state index >= 15 is 0 Å². The van der Waals surface area contributed by atoms with Crippen molar-refractivity contribution in [2.24, 2.45) is 0 Å². The Morgan fingerprint density at radius 3 is 2.54 bits per heavy atom. The molecule has 1 aromatic carbocycles. The van der Waals surface area contributed by atoms with E-state index < -0.39 is 10.0 Å². The van der Waals surface area contributed by atoms with Crippen LogP contribution in [0, 0.1) is 0 Å². The van der Waals surface area contributed by atoms with Gasteiger partial charge in [-0.3, -0.25) is 9.71 Å². The van der Waals surface area contributed by atoms with E-state index in [1.807, 2.05) is 31.2 Å². The predicted molar refractivity (Wildman–Crippen MR) is 143 cm³/mol. The number of pyridine rings is 1. The van der Waals surface area contributed by atoms with Crippen LogP contribution in [0.3, 0.4) is 0 Å². The van der Waals surface area contributed by atoms with E-state index in [0.29, 0.717) is 35.0 Å². The Kier molecular flexibility index (Phi) is 7.94. The zero-order valence-corrected chi connectivity index (χ0v) is 21.7. The summed E-state index contributed by atoms with van der Waals surface area (Å²) < 4.78 is 27.4. The van der Waals surface area contributed by atoms with Gasteiger partial charge < -0.3 is 5.32 Å². The Labute approximate surface area is 213 Å². The molecule has 4 rings (SSSR count). The number of aromatic nitrogens is 4. The molecule has 8 nitrogen and oxygen atoms in total. The molecule has 0 radical (unpaired) electrons. The fourth-order valence-corrected chi connectivity index (χ4v) is 5.90. The molecule has 0 aliphatic carbocycles. The number of benzene rings is 1. The average molecular weight is 529 g/mol. The number of sulfonamides is 1. The van der Waals surface area contributed by atoms with Crippen LogP contribution in [0.4, 0.5) is 11.6 Å². The summed E-state index contributed by atoms with van der Waals surface area (Å²) in [6, 6.07) is 10.8. The lowest BCUT2D eigenvalue weighted by atomic mass is 10.1. The van der Waals surface area contributed by atoms with Crippen LogP contribution in [0.2, 0.25) is 5.02 Å². The number of nitrogens with one attached hydrogen (secondary N) is 2. The summed E-state index contributed by atoms with van der Waals surface area (Å²) in [5.41, 5.74) is 3.14. The van der Waals surface area contributed by atoms with Crippen LogP contribution >= 0.6 is 22.9 Å². The monoisotopic (exact) mass is 528 g/mol. The van der Waals surface area contributed by atoms with E-state index in [4.69, 9.17) is 21.6 Å². The molecule has 0 saturated carbocycles. The molecule has 0 spiro atoms. The molecule has 0 amide bonds. The van der Waals surface area contributed by atoms with Gasteiger partial charge in [-0.2, -0.15) is 0 Å². The molecule has 11 heteroatoms. The molecular weight excluding hydrogens is 504 g/mol. The van der Waals surface area contributed by atoms with Crippen molar-refractivity contribution in [3.63, 3.8) is 0 Å². The fraction of sp³-hybridized carbons (Fsp3) is 0.250. The summed E-state index contributed by atoms with van der Waals surface area (Å²) >= 11 is 8.22. The van der Waals surface area contributed by atoms with Gasteiger partial charge in [0, 0.05) is 36.3 Å². The van der Waals surface area contributed by atoms with Crippen LogP contribution in [0.5, 0.6) is 0 Å². The van der Waals surface area contributed by atoms with Gasteiger partial charge in [0.25, 0.3) is 0 Å². The lowest BCUT2D eigenvalue weighted by Crippen LogP contribution is -2.16. The minimum absolute atomic E-state index is 0.0101. The van der Waals surface area contributed by atoms with Gasteiger partial charge in [0.15, 0.2) is 0 Å². The zero-order valence-electron chi connectivity index (χ0n) is 19.3. The van der Waals surface area contributed by atoms with E-state index in [-0.39, 0.29) is 10.8 Å². The van der Waals surface area contributed by atoms with E-state index in [2.05, 4.69) is 26.9 Å². The Bertz CT molecular complexity index is 1410. The highest BCUT2D eigenvalue weighted by Gasteiger charge is 2.22. The van der Waals surface area contributed by atoms with E-state index in [0.717, 1.165) is 28.4 Å². The molecule has 35 heavy (non-hydrogen) atoms. The molecule has 4 aromatic rings. The van der Waals surface area contributed by atoms with Gasteiger partial charge in [0.1, 0.15) is 5.01 Å². The van der Waals surface area contributed by atoms with Crippen molar-refractivity contribution in [2.75, 3.05) is 22.3 Å². The van der Waals surface area contributed by atoms with Crippen molar-refractivity contribution in [3.05, 3.63) is 60.0 Å². The lowest BCUT2D eigenvalue weighted by Gasteiger charge is -2.12. The van der Waals surface area contributed by atoms with Crippen molar-refractivity contribution in [3.8, 4) is 32.4 Å². The summed E-state index contributed by atoms with van der Waals surface area (Å²) in [7, 11) is -3.51. The molecule has 0 bridgehead atoms. The lowest BCUT2D eigenvalue weighted by molar-refractivity contribution is 0.600. The van der Waals surface area contributed by atoms with Crippen molar-refractivity contribution < 1.29 is 8.42 Å².